The first-order chi connectivity index (χ1) is 13.1. The van der Waals surface area contributed by atoms with Gasteiger partial charge in [0.15, 0.2) is 0 Å². The summed E-state index contributed by atoms with van der Waals surface area (Å²) in [7, 11) is 3.56. The van der Waals surface area contributed by atoms with Crippen molar-refractivity contribution in [2.24, 2.45) is 0 Å². The molecule has 2 N–H and O–H groups in total. The van der Waals surface area contributed by atoms with Crippen LogP contribution in [0.2, 0.25) is 0 Å². The number of thioether (sulfide) groups is 1. The molecule has 0 aliphatic heterocycles. The maximum atomic E-state index is 12.1. The first kappa shape index (κ1) is 19.4. The zero-order valence-electron chi connectivity index (χ0n) is 15.4. The van der Waals surface area contributed by atoms with E-state index in [1.54, 1.807) is 39.1 Å². The Kier molecular flexibility index (Phi) is 6.15. The minimum absolute atomic E-state index is 0.599. The van der Waals surface area contributed by atoms with Crippen LogP contribution in [0.25, 0.3) is 10.9 Å². The lowest BCUT2D eigenvalue weighted by molar-refractivity contribution is 0.398. The smallest absolute Gasteiger partial charge is 0.145 e. The summed E-state index contributed by atoms with van der Waals surface area (Å²) in [6.45, 7) is 0. The van der Waals surface area contributed by atoms with E-state index in [1.165, 1.54) is 6.33 Å². The van der Waals surface area contributed by atoms with Gasteiger partial charge in [0.05, 0.1) is 35.7 Å². The molecule has 0 aliphatic carbocycles. The Labute approximate surface area is 164 Å². The van der Waals surface area contributed by atoms with E-state index in [0.717, 1.165) is 16.0 Å². The molecule has 9 heteroatoms. The summed E-state index contributed by atoms with van der Waals surface area (Å²) in [4.78, 5) is 10.4. The van der Waals surface area contributed by atoms with Crippen LogP contribution in [0.3, 0.4) is 0 Å². The second kappa shape index (κ2) is 8.55. The number of methoxy groups -OCH3 is 2. The van der Waals surface area contributed by atoms with Gasteiger partial charge in [-0.05, 0) is 31.5 Å². The number of aromatic nitrogens is 2. The van der Waals surface area contributed by atoms with Crippen LogP contribution in [0.1, 0.15) is 0 Å². The number of anilines is 2. The van der Waals surface area contributed by atoms with E-state index in [2.05, 4.69) is 20.0 Å². The maximum absolute atomic E-state index is 12.1. The molecule has 1 heterocycles. The molecule has 2 aromatic carbocycles. The van der Waals surface area contributed by atoms with Crippen molar-refractivity contribution in [2.45, 2.75) is 9.79 Å². The average molecular weight is 405 g/mol. The quantitative estimate of drug-likeness (QED) is 0.584. The van der Waals surface area contributed by atoms with Gasteiger partial charge in [0.1, 0.15) is 34.6 Å². The SMILES string of the molecule is CNS(=O)c1ccc(SC)c(Nc2ncnc3cc(OC)cc(OC)c23)c1. The second-order valence-electron chi connectivity index (χ2n) is 5.41. The van der Waals surface area contributed by atoms with Crippen molar-refractivity contribution in [1.82, 2.24) is 14.7 Å². The number of ether oxygens (including phenoxy) is 2. The monoisotopic (exact) mass is 404 g/mol. The van der Waals surface area contributed by atoms with E-state index < -0.39 is 11.0 Å². The molecule has 0 saturated heterocycles. The van der Waals surface area contributed by atoms with Crippen molar-refractivity contribution in [3.8, 4) is 11.5 Å². The lowest BCUT2D eigenvalue weighted by Crippen LogP contribution is -2.10. The molecule has 0 aliphatic rings. The minimum Gasteiger partial charge on any atom is -0.497 e. The molecule has 27 heavy (non-hydrogen) atoms. The highest BCUT2D eigenvalue weighted by atomic mass is 32.2. The number of fused-ring (bicyclic) bond motifs is 1. The fraction of sp³-hybridized carbons (Fsp3) is 0.222. The predicted molar refractivity (Wildman–Crippen MR) is 110 cm³/mol. The van der Waals surface area contributed by atoms with Gasteiger partial charge in [-0.1, -0.05) is 0 Å². The van der Waals surface area contributed by atoms with Crippen LogP contribution in [0, 0.1) is 0 Å². The highest BCUT2D eigenvalue weighted by Gasteiger charge is 2.14. The standard InChI is InChI=1S/C18H20N4O3S2/c1-19-27(23)12-5-6-16(26-4)13(9-12)22-18-17-14(20-10-21-18)7-11(24-2)8-15(17)25-3/h5-10,19H,1-4H3,(H,20,21,22). The van der Waals surface area contributed by atoms with Gasteiger partial charge in [-0.15, -0.1) is 11.8 Å². The van der Waals surface area contributed by atoms with Crippen molar-refractivity contribution in [3.63, 3.8) is 0 Å². The third kappa shape index (κ3) is 4.00. The fourth-order valence-electron chi connectivity index (χ4n) is 2.65. The average Bonchev–Trinajstić information content (AvgIpc) is 2.72. The van der Waals surface area contributed by atoms with E-state index in [9.17, 15) is 4.21 Å². The summed E-state index contributed by atoms with van der Waals surface area (Å²) in [5.74, 6) is 1.86. The highest BCUT2D eigenvalue weighted by molar-refractivity contribution is 7.98. The molecule has 3 aromatic rings. The van der Waals surface area contributed by atoms with E-state index in [4.69, 9.17) is 9.47 Å². The van der Waals surface area contributed by atoms with Crippen LogP contribution >= 0.6 is 11.8 Å². The highest BCUT2D eigenvalue weighted by Crippen LogP contribution is 2.37. The van der Waals surface area contributed by atoms with Crippen molar-refractivity contribution < 1.29 is 13.7 Å². The maximum Gasteiger partial charge on any atom is 0.145 e. The topological polar surface area (TPSA) is 85.4 Å². The van der Waals surface area contributed by atoms with Gasteiger partial charge in [-0.2, -0.15) is 0 Å². The van der Waals surface area contributed by atoms with Crippen LogP contribution in [0.5, 0.6) is 11.5 Å². The normalized spacial score (nSPS) is 12.0. The minimum atomic E-state index is -1.28. The number of hydrogen-bond donors (Lipinski definition) is 2. The molecule has 0 saturated carbocycles. The molecule has 3 rings (SSSR count). The largest absolute Gasteiger partial charge is 0.497 e. The van der Waals surface area contributed by atoms with Gasteiger partial charge < -0.3 is 14.8 Å². The van der Waals surface area contributed by atoms with E-state index in [0.29, 0.717) is 27.7 Å². The van der Waals surface area contributed by atoms with Gasteiger partial charge in [-0.25, -0.2) is 18.9 Å². The number of benzene rings is 2. The zero-order valence-corrected chi connectivity index (χ0v) is 17.0. The van der Waals surface area contributed by atoms with Crippen LogP contribution in [-0.2, 0) is 11.0 Å². The number of hydrogen-bond acceptors (Lipinski definition) is 7. The van der Waals surface area contributed by atoms with Crippen LogP contribution in [-0.4, -0.2) is 41.7 Å². The molecule has 0 radical (unpaired) electrons. The Morgan fingerprint density at radius 2 is 1.93 bits per heavy atom. The molecule has 7 nitrogen and oxygen atoms in total. The summed E-state index contributed by atoms with van der Waals surface area (Å²) >= 11 is 1.59. The van der Waals surface area contributed by atoms with Crippen LogP contribution < -0.4 is 19.5 Å². The Morgan fingerprint density at radius 3 is 2.59 bits per heavy atom. The lowest BCUT2D eigenvalue weighted by Gasteiger charge is -2.15. The second-order valence-corrected chi connectivity index (χ2v) is 7.67. The summed E-state index contributed by atoms with van der Waals surface area (Å²) in [6.07, 6.45) is 3.47. The number of nitrogens with one attached hydrogen (secondary N) is 2. The molecule has 0 spiro atoms. The van der Waals surface area contributed by atoms with E-state index in [-0.39, 0.29) is 0 Å². The predicted octanol–water partition coefficient (Wildman–Crippen LogP) is 3.35. The lowest BCUT2D eigenvalue weighted by atomic mass is 10.2. The molecule has 0 fully saturated rings. The Hall–Kier alpha value is -2.36. The molecule has 0 amide bonds. The Bertz CT molecular complexity index is 998. The first-order valence-electron chi connectivity index (χ1n) is 8.02. The van der Waals surface area contributed by atoms with E-state index in [1.807, 2.05) is 30.5 Å². The van der Waals surface area contributed by atoms with Gasteiger partial charge in [0.2, 0.25) is 0 Å². The summed E-state index contributed by atoms with van der Waals surface area (Å²) in [5.41, 5.74) is 1.51. The molecular weight excluding hydrogens is 384 g/mol. The third-order valence-corrected chi connectivity index (χ3v) is 5.80. The number of rotatable bonds is 7. The Balaban J connectivity index is 2.13. The van der Waals surface area contributed by atoms with Gasteiger partial charge in [0.25, 0.3) is 0 Å². The van der Waals surface area contributed by atoms with Crippen molar-refractivity contribution >= 4 is 45.2 Å². The summed E-state index contributed by atoms with van der Waals surface area (Å²) in [6, 6.07) is 9.24. The molecule has 1 atom stereocenters. The molecule has 1 aromatic heterocycles. The van der Waals surface area contributed by atoms with Gasteiger partial charge in [0, 0.05) is 17.0 Å². The van der Waals surface area contributed by atoms with Crippen molar-refractivity contribution in [2.75, 3.05) is 32.8 Å². The third-order valence-electron chi connectivity index (χ3n) is 3.95. The fourth-order valence-corrected chi connectivity index (χ4v) is 3.83. The van der Waals surface area contributed by atoms with Gasteiger partial charge in [-0.3, -0.25) is 0 Å². The zero-order chi connectivity index (χ0) is 19.4. The van der Waals surface area contributed by atoms with Crippen LogP contribution in [0.4, 0.5) is 11.5 Å². The summed E-state index contributed by atoms with van der Waals surface area (Å²) < 4.78 is 25.7. The van der Waals surface area contributed by atoms with Crippen molar-refractivity contribution in [3.05, 3.63) is 36.7 Å². The van der Waals surface area contributed by atoms with Crippen molar-refractivity contribution in [1.29, 1.82) is 0 Å². The summed E-state index contributed by atoms with van der Waals surface area (Å²) in [5, 5.41) is 4.09. The van der Waals surface area contributed by atoms with Crippen LogP contribution in [0.15, 0.2) is 46.5 Å². The molecule has 1 unspecified atom stereocenters. The molecule has 142 valence electrons. The number of nitrogens with zero attached hydrogens (tertiary/aromatic N) is 2. The van der Waals surface area contributed by atoms with E-state index >= 15 is 0 Å². The molecular formula is C18H20N4O3S2. The Morgan fingerprint density at radius 1 is 1.11 bits per heavy atom. The van der Waals surface area contributed by atoms with Gasteiger partial charge >= 0.3 is 0 Å². The molecule has 0 bridgehead atoms. The first-order valence-corrected chi connectivity index (χ1v) is 10.4.